The van der Waals surface area contributed by atoms with Crippen molar-refractivity contribution >= 4 is 48.8 Å². The Bertz CT molecular complexity index is 701. The van der Waals surface area contributed by atoms with Gasteiger partial charge in [-0.25, -0.2) is 0 Å². The van der Waals surface area contributed by atoms with Crippen molar-refractivity contribution in [1.29, 1.82) is 0 Å². The fourth-order valence-electron chi connectivity index (χ4n) is 2.79. The van der Waals surface area contributed by atoms with Crippen LogP contribution in [0.2, 0.25) is 0 Å². The summed E-state index contributed by atoms with van der Waals surface area (Å²) in [5.41, 5.74) is 0. The Kier molecular flexibility index (Phi) is 37.7. The van der Waals surface area contributed by atoms with Gasteiger partial charge in [-0.05, 0) is 60.0 Å². The summed E-state index contributed by atoms with van der Waals surface area (Å²) >= 11 is 12.0. The molecule has 0 aromatic heterocycles. The van der Waals surface area contributed by atoms with E-state index < -0.39 is 0 Å². The lowest BCUT2D eigenvalue weighted by Gasteiger charge is -2.09. The summed E-state index contributed by atoms with van der Waals surface area (Å²) in [6, 6.07) is 16.2. The van der Waals surface area contributed by atoms with Gasteiger partial charge < -0.3 is 28.4 Å². The summed E-state index contributed by atoms with van der Waals surface area (Å²) < 4.78 is 33.4. The third-order valence-electron chi connectivity index (χ3n) is 4.48. The van der Waals surface area contributed by atoms with Crippen LogP contribution in [0.3, 0.4) is 0 Å². The second-order valence-corrected chi connectivity index (χ2v) is 10.5. The first-order valence-corrected chi connectivity index (χ1v) is 18.3. The molecular formula is C32H56O6S4. The second kappa shape index (κ2) is 36.5. The van der Waals surface area contributed by atoms with Gasteiger partial charge >= 0.3 is 0 Å². The Labute approximate surface area is 276 Å². The highest BCUT2D eigenvalue weighted by Gasteiger charge is 1.99. The molecule has 6 nitrogen and oxygen atoms in total. The van der Waals surface area contributed by atoms with E-state index in [4.69, 9.17) is 28.4 Å². The van der Waals surface area contributed by atoms with Crippen LogP contribution in [-0.2, 0) is 18.9 Å². The van der Waals surface area contributed by atoms with E-state index in [1.807, 2.05) is 65.8 Å². The largest absolute Gasteiger partial charge is 0.491 e. The van der Waals surface area contributed by atoms with Crippen LogP contribution in [0.15, 0.2) is 58.3 Å². The van der Waals surface area contributed by atoms with Crippen molar-refractivity contribution in [3.63, 3.8) is 0 Å². The first-order valence-electron chi connectivity index (χ1n) is 15.1. The minimum atomic E-state index is 0.513. The van der Waals surface area contributed by atoms with Crippen molar-refractivity contribution < 1.29 is 28.4 Å². The predicted octanol–water partition coefficient (Wildman–Crippen LogP) is 8.33. The molecule has 10 heteroatoms. The van der Waals surface area contributed by atoms with Gasteiger partial charge in [0, 0.05) is 21.3 Å². The Hall–Kier alpha value is -0.720. The average Bonchev–Trinajstić information content (AvgIpc) is 3.06. The quantitative estimate of drug-likeness (QED) is 0.0699. The van der Waals surface area contributed by atoms with E-state index in [2.05, 4.69) is 49.5 Å². The highest BCUT2D eigenvalue weighted by atomic mass is 32.2. The van der Waals surface area contributed by atoms with Crippen molar-refractivity contribution in [3.05, 3.63) is 48.5 Å². The number of ether oxygens (including phenoxy) is 6. The van der Waals surface area contributed by atoms with Gasteiger partial charge in [-0.2, -0.15) is 25.3 Å². The molecule has 0 radical (unpaired) electrons. The van der Waals surface area contributed by atoms with Gasteiger partial charge in [-0.1, -0.05) is 41.5 Å². The lowest BCUT2D eigenvalue weighted by molar-refractivity contribution is -0.00699. The fraction of sp³-hybridized carbons (Fsp3) is 0.625. The van der Waals surface area contributed by atoms with Crippen molar-refractivity contribution in [2.45, 2.75) is 51.3 Å². The van der Waals surface area contributed by atoms with Crippen molar-refractivity contribution in [3.8, 4) is 11.5 Å². The zero-order valence-electron chi connectivity index (χ0n) is 26.7. The molecular weight excluding hydrogens is 609 g/mol. The van der Waals surface area contributed by atoms with Crippen LogP contribution < -0.4 is 9.47 Å². The number of thiol groups is 2. The molecule has 0 fully saturated rings. The van der Waals surface area contributed by atoms with E-state index in [0.29, 0.717) is 66.1 Å². The number of hydrogen-bond acceptors (Lipinski definition) is 10. The Morgan fingerprint density at radius 1 is 0.429 bits per heavy atom. The minimum Gasteiger partial charge on any atom is -0.491 e. The molecule has 2 aromatic carbocycles. The maximum Gasteiger partial charge on any atom is 0.119 e. The molecule has 244 valence electrons. The summed E-state index contributed by atoms with van der Waals surface area (Å²) in [6.07, 6.45) is 0. The maximum atomic E-state index is 5.68. The minimum absolute atomic E-state index is 0.513. The van der Waals surface area contributed by atoms with E-state index in [1.165, 1.54) is 9.79 Å². The van der Waals surface area contributed by atoms with Crippen LogP contribution in [-0.4, -0.2) is 89.1 Å². The van der Waals surface area contributed by atoms with Crippen molar-refractivity contribution in [1.82, 2.24) is 0 Å². The number of hydrogen-bond donors (Lipinski definition) is 2. The monoisotopic (exact) mass is 664 g/mol. The number of benzene rings is 2. The molecule has 0 bridgehead atoms. The molecule has 2 aromatic rings. The van der Waals surface area contributed by atoms with E-state index in [0.717, 1.165) is 34.5 Å². The lowest BCUT2D eigenvalue weighted by Crippen LogP contribution is -2.14. The normalized spacial score (nSPS) is 9.90. The van der Waals surface area contributed by atoms with Crippen LogP contribution in [0.5, 0.6) is 11.5 Å². The lowest BCUT2D eigenvalue weighted by atomic mass is 10.3. The van der Waals surface area contributed by atoms with E-state index >= 15 is 0 Å². The molecule has 0 N–H and O–H groups in total. The fourth-order valence-corrected chi connectivity index (χ4v) is 4.65. The summed E-state index contributed by atoms with van der Waals surface area (Å²) in [5, 5.41) is 0. The van der Waals surface area contributed by atoms with Crippen LogP contribution in [0.4, 0.5) is 0 Å². The summed E-state index contributed by atoms with van der Waals surface area (Å²) in [6.45, 7) is 17.3. The SMILES string of the molecule is CC.CC.CC.SCCSc1ccc(OCCOCCOCCOCCOCCOc2ccc(SCCS)cc2)cc1. The zero-order valence-corrected chi connectivity index (χ0v) is 30.1. The van der Waals surface area contributed by atoms with Gasteiger partial charge in [0.15, 0.2) is 0 Å². The Balaban J connectivity index is 0. The maximum absolute atomic E-state index is 5.68. The first kappa shape index (κ1) is 43.4. The molecule has 2 rings (SSSR count). The highest BCUT2D eigenvalue weighted by Crippen LogP contribution is 2.22. The average molecular weight is 665 g/mol. The molecule has 0 saturated carbocycles. The summed E-state index contributed by atoms with van der Waals surface area (Å²) in [4.78, 5) is 2.45. The summed E-state index contributed by atoms with van der Waals surface area (Å²) in [7, 11) is 0. The molecule has 0 aliphatic heterocycles. The Morgan fingerprint density at radius 2 is 0.690 bits per heavy atom. The molecule has 0 saturated heterocycles. The molecule has 0 unspecified atom stereocenters. The van der Waals surface area contributed by atoms with Gasteiger partial charge in [0.1, 0.15) is 24.7 Å². The van der Waals surface area contributed by atoms with Crippen LogP contribution >= 0.6 is 48.8 Å². The molecule has 0 amide bonds. The van der Waals surface area contributed by atoms with Gasteiger partial charge in [0.25, 0.3) is 0 Å². The molecule has 0 aliphatic rings. The molecule has 42 heavy (non-hydrogen) atoms. The van der Waals surface area contributed by atoms with Crippen LogP contribution in [0, 0.1) is 0 Å². The topological polar surface area (TPSA) is 55.4 Å². The van der Waals surface area contributed by atoms with Crippen molar-refractivity contribution in [2.75, 3.05) is 89.1 Å². The Morgan fingerprint density at radius 3 is 0.952 bits per heavy atom. The van der Waals surface area contributed by atoms with Crippen LogP contribution in [0.25, 0.3) is 0 Å². The second-order valence-electron chi connectivity index (χ2n) is 7.23. The molecule has 0 aliphatic carbocycles. The first-order chi connectivity index (χ1) is 20.8. The third kappa shape index (κ3) is 26.9. The van der Waals surface area contributed by atoms with Gasteiger partial charge in [0.05, 0.1) is 52.9 Å². The van der Waals surface area contributed by atoms with Crippen LogP contribution in [0.1, 0.15) is 41.5 Å². The third-order valence-corrected chi connectivity index (χ3v) is 7.56. The smallest absolute Gasteiger partial charge is 0.119 e. The molecule has 0 spiro atoms. The zero-order chi connectivity index (χ0) is 31.5. The highest BCUT2D eigenvalue weighted by molar-refractivity contribution is 8.00. The van der Waals surface area contributed by atoms with E-state index in [9.17, 15) is 0 Å². The van der Waals surface area contributed by atoms with E-state index in [1.54, 1.807) is 23.5 Å². The van der Waals surface area contributed by atoms with E-state index in [-0.39, 0.29) is 0 Å². The number of rotatable bonds is 23. The van der Waals surface area contributed by atoms with Gasteiger partial charge in [0.2, 0.25) is 0 Å². The van der Waals surface area contributed by atoms with Gasteiger partial charge in [-0.15, -0.1) is 23.5 Å². The molecule has 0 heterocycles. The number of thioether (sulfide) groups is 2. The summed E-state index contributed by atoms with van der Waals surface area (Å²) in [5.74, 6) is 5.45. The molecule has 0 atom stereocenters. The standard InChI is InChI=1S/C26H38O6S4.3C2H6/c33-19-21-35-25-5-1-23(2-6-25)31-17-15-29-13-11-27-9-10-28-12-14-30-16-18-32-24-3-7-26(8-4-24)36-22-20-34;3*1-2/h1-8,33-34H,9-22H2;3*1-2H3. The van der Waals surface area contributed by atoms with Crippen molar-refractivity contribution in [2.24, 2.45) is 0 Å². The predicted molar refractivity (Wildman–Crippen MR) is 190 cm³/mol. The van der Waals surface area contributed by atoms with Gasteiger partial charge in [-0.3, -0.25) is 0 Å².